The molecule has 0 aromatic heterocycles. The summed E-state index contributed by atoms with van der Waals surface area (Å²) in [5.74, 6) is -0.497. The molecule has 0 unspecified atom stereocenters. The van der Waals surface area contributed by atoms with Gasteiger partial charge in [-0.25, -0.2) is 0 Å². The number of hydrogen-bond acceptors (Lipinski definition) is 3. The molecule has 0 heterocycles. The summed E-state index contributed by atoms with van der Waals surface area (Å²) in [6.07, 6.45) is 1.41. The monoisotopic (exact) mass is 158 g/mol. The van der Waals surface area contributed by atoms with Gasteiger partial charge in [0.15, 0.2) is 0 Å². The van der Waals surface area contributed by atoms with Gasteiger partial charge in [-0.15, -0.1) is 0 Å². The van der Waals surface area contributed by atoms with Crippen LogP contribution in [0.3, 0.4) is 0 Å². The lowest BCUT2D eigenvalue weighted by Crippen LogP contribution is -2.16. The van der Waals surface area contributed by atoms with Crippen LogP contribution in [0.2, 0.25) is 0 Å². The molecule has 0 fully saturated rings. The predicted molar refractivity (Wildman–Crippen MR) is 41.0 cm³/mol. The van der Waals surface area contributed by atoms with Gasteiger partial charge in [-0.2, -0.15) is 0 Å². The largest absolute Gasteiger partial charge is 0.469 e. The van der Waals surface area contributed by atoms with E-state index in [-0.39, 0.29) is 17.8 Å². The summed E-state index contributed by atoms with van der Waals surface area (Å²) in [5, 5.41) is 0. The molecule has 3 nitrogen and oxygen atoms in total. The van der Waals surface area contributed by atoms with Gasteiger partial charge in [0.05, 0.1) is 13.0 Å². The molecule has 0 aliphatic heterocycles. The summed E-state index contributed by atoms with van der Waals surface area (Å²) in [6, 6.07) is 0. The summed E-state index contributed by atoms with van der Waals surface area (Å²) in [5.41, 5.74) is 0. The first-order valence-corrected chi connectivity index (χ1v) is 3.65. The Morgan fingerprint density at radius 1 is 1.55 bits per heavy atom. The zero-order valence-electron chi connectivity index (χ0n) is 7.16. The van der Waals surface area contributed by atoms with Crippen molar-refractivity contribution in [3.63, 3.8) is 0 Å². The second kappa shape index (κ2) is 4.88. The summed E-state index contributed by atoms with van der Waals surface area (Å²) in [7, 11) is 1.35. The van der Waals surface area contributed by atoms with E-state index in [1.165, 1.54) is 7.11 Å². The Bertz CT molecular complexity index is 142. The van der Waals surface area contributed by atoms with Gasteiger partial charge in [-0.3, -0.25) is 4.79 Å². The number of esters is 1. The Kier molecular flexibility index (Phi) is 4.50. The van der Waals surface area contributed by atoms with Gasteiger partial charge in [-0.05, 0) is 6.42 Å². The van der Waals surface area contributed by atoms with Crippen molar-refractivity contribution >= 4 is 12.3 Å². The Morgan fingerprint density at radius 2 is 2.09 bits per heavy atom. The van der Waals surface area contributed by atoms with Crippen molar-refractivity contribution < 1.29 is 14.3 Å². The summed E-state index contributed by atoms with van der Waals surface area (Å²) in [6.45, 7) is 3.54. The summed E-state index contributed by atoms with van der Waals surface area (Å²) < 4.78 is 4.50. The van der Waals surface area contributed by atoms with Crippen molar-refractivity contribution in [3.8, 4) is 0 Å². The second-order valence-corrected chi connectivity index (χ2v) is 2.77. The van der Waals surface area contributed by atoms with Crippen molar-refractivity contribution in [1.82, 2.24) is 0 Å². The second-order valence-electron chi connectivity index (χ2n) is 2.77. The normalized spacial score (nSPS) is 15.2. The van der Waals surface area contributed by atoms with Crippen molar-refractivity contribution in [2.24, 2.45) is 11.8 Å². The summed E-state index contributed by atoms with van der Waals surface area (Å²) >= 11 is 0. The minimum Gasteiger partial charge on any atom is -0.469 e. The average Bonchev–Trinajstić information content (AvgIpc) is 2.02. The molecule has 0 saturated carbocycles. The highest BCUT2D eigenvalue weighted by atomic mass is 16.5. The zero-order chi connectivity index (χ0) is 8.85. The SMILES string of the molecule is COC(=O)[C@@H](C)C[C@H](C)C=O. The molecule has 0 spiro atoms. The maximum atomic E-state index is 10.8. The molecule has 64 valence electrons. The van der Waals surface area contributed by atoms with Crippen LogP contribution < -0.4 is 0 Å². The van der Waals surface area contributed by atoms with Crippen molar-refractivity contribution in [3.05, 3.63) is 0 Å². The Labute approximate surface area is 66.7 Å². The van der Waals surface area contributed by atoms with Gasteiger partial charge in [0, 0.05) is 5.92 Å². The molecule has 0 radical (unpaired) electrons. The smallest absolute Gasteiger partial charge is 0.308 e. The van der Waals surface area contributed by atoms with Crippen molar-refractivity contribution in [2.75, 3.05) is 7.11 Å². The third-order valence-electron chi connectivity index (χ3n) is 1.56. The van der Waals surface area contributed by atoms with Crippen LogP contribution in [0.4, 0.5) is 0 Å². The van der Waals surface area contributed by atoms with Gasteiger partial charge in [0.1, 0.15) is 6.29 Å². The topological polar surface area (TPSA) is 43.4 Å². The Balaban J connectivity index is 3.76. The average molecular weight is 158 g/mol. The first-order valence-electron chi connectivity index (χ1n) is 3.65. The highest BCUT2D eigenvalue weighted by Gasteiger charge is 2.15. The van der Waals surface area contributed by atoms with Crippen LogP contribution in [-0.2, 0) is 14.3 Å². The zero-order valence-corrected chi connectivity index (χ0v) is 7.16. The van der Waals surface area contributed by atoms with Crippen molar-refractivity contribution in [2.45, 2.75) is 20.3 Å². The molecule has 0 aromatic carbocycles. The van der Waals surface area contributed by atoms with E-state index in [1.54, 1.807) is 13.8 Å². The lowest BCUT2D eigenvalue weighted by atomic mass is 9.99. The van der Waals surface area contributed by atoms with Crippen LogP contribution >= 0.6 is 0 Å². The number of methoxy groups -OCH3 is 1. The van der Waals surface area contributed by atoms with Gasteiger partial charge in [-0.1, -0.05) is 13.8 Å². The Hall–Kier alpha value is -0.860. The molecular weight excluding hydrogens is 144 g/mol. The first-order chi connectivity index (χ1) is 5.11. The maximum absolute atomic E-state index is 10.8. The van der Waals surface area contributed by atoms with Crippen LogP contribution in [0.1, 0.15) is 20.3 Å². The predicted octanol–water partition coefficient (Wildman–Crippen LogP) is 1.02. The molecule has 0 aliphatic carbocycles. The minimum atomic E-state index is -0.251. The molecule has 0 rings (SSSR count). The van der Waals surface area contributed by atoms with Crippen molar-refractivity contribution in [1.29, 1.82) is 0 Å². The number of hydrogen-bond donors (Lipinski definition) is 0. The number of ether oxygens (including phenoxy) is 1. The highest BCUT2D eigenvalue weighted by molar-refractivity contribution is 5.72. The molecule has 2 atom stereocenters. The van der Waals surface area contributed by atoms with E-state index in [1.807, 2.05) is 0 Å². The molecule has 3 heteroatoms. The van der Waals surface area contributed by atoms with E-state index in [0.29, 0.717) is 6.42 Å². The number of carbonyl (C=O) groups excluding carboxylic acids is 2. The van der Waals surface area contributed by atoms with Crippen LogP contribution in [0.15, 0.2) is 0 Å². The van der Waals surface area contributed by atoms with Gasteiger partial charge in [0.25, 0.3) is 0 Å². The standard InChI is InChI=1S/C8H14O3/c1-6(5-9)4-7(2)8(10)11-3/h5-7H,4H2,1-3H3/t6-,7-/m0/s1. The molecule has 0 bridgehead atoms. The van der Waals surface area contributed by atoms with Crippen LogP contribution in [-0.4, -0.2) is 19.4 Å². The van der Waals surface area contributed by atoms with E-state index in [0.717, 1.165) is 6.29 Å². The fraction of sp³-hybridized carbons (Fsp3) is 0.750. The van der Waals surface area contributed by atoms with Gasteiger partial charge >= 0.3 is 5.97 Å². The maximum Gasteiger partial charge on any atom is 0.308 e. The van der Waals surface area contributed by atoms with Crippen LogP contribution in [0, 0.1) is 11.8 Å². The quantitative estimate of drug-likeness (QED) is 0.453. The lowest BCUT2D eigenvalue weighted by molar-refractivity contribution is -0.145. The molecule has 0 saturated heterocycles. The van der Waals surface area contributed by atoms with Gasteiger partial charge < -0.3 is 9.53 Å². The molecule has 0 aromatic rings. The number of carbonyl (C=O) groups is 2. The highest BCUT2D eigenvalue weighted by Crippen LogP contribution is 2.10. The third-order valence-corrected chi connectivity index (χ3v) is 1.56. The molecule has 11 heavy (non-hydrogen) atoms. The van der Waals surface area contributed by atoms with Crippen LogP contribution in [0.5, 0.6) is 0 Å². The molecule has 0 amide bonds. The van der Waals surface area contributed by atoms with Crippen LogP contribution in [0.25, 0.3) is 0 Å². The molecule has 0 aliphatic rings. The molecule has 0 N–H and O–H groups in total. The lowest BCUT2D eigenvalue weighted by Gasteiger charge is -2.09. The first kappa shape index (κ1) is 10.1. The minimum absolute atomic E-state index is 0.0656. The van der Waals surface area contributed by atoms with E-state index < -0.39 is 0 Å². The van der Waals surface area contributed by atoms with E-state index in [4.69, 9.17) is 0 Å². The fourth-order valence-corrected chi connectivity index (χ4v) is 0.911. The van der Waals surface area contributed by atoms with E-state index in [2.05, 4.69) is 4.74 Å². The molecular formula is C8H14O3. The van der Waals surface area contributed by atoms with E-state index in [9.17, 15) is 9.59 Å². The number of rotatable bonds is 4. The third kappa shape index (κ3) is 3.75. The fourth-order valence-electron chi connectivity index (χ4n) is 0.911. The van der Waals surface area contributed by atoms with E-state index >= 15 is 0 Å². The Morgan fingerprint density at radius 3 is 2.45 bits per heavy atom. The number of aldehydes is 1. The van der Waals surface area contributed by atoms with Gasteiger partial charge in [0.2, 0.25) is 0 Å². The summed E-state index contributed by atoms with van der Waals surface area (Å²) in [4.78, 5) is 21.0.